The minimum atomic E-state index is 1.09. The van der Waals surface area contributed by atoms with E-state index in [0.717, 1.165) is 45.3 Å². The maximum atomic E-state index is 2.52. The summed E-state index contributed by atoms with van der Waals surface area (Å²) in [5, 5.41) is 9.50. The SMILES string of the molecule is Cc1ccc(N(c2ccc(C=C(c3ccc(C=C4CCCCC4)cc3)c3ccc(C=C4CCCCC4)cc3)cc2)c2c3ccccc3c(-c3c4ccccc4c(N(c4ccc(C)cc4)c4ccc(C=C(c5ccc(C=C6CCCCC6)cc5)c5ccc(C=C6CCCCC6)cc5)cc4)c4ccccc34)c3ccccc23)cc1. The van der Waals surface area contributed by atoms with Gasteiger partial charge < -0.3 is 9.80 Å². The first-order valence-electron chi connectivity index (χ1n) is 41.8. The van der Waals surface area contributed by atoms with Gasteiger partial charge in [0.2, 0.25) is 0 Å². The Kier molecular flexibility index (Phi) is 21.1. The van der Waals surface area contributed by atoms with Crippen molar-refractivity contribution in [1.29, 1.82) is 0 Å². The van der Waals surface area contributed by atoms with Crippen molar-refractivity contribution in [3.05, 3.63) is 380 Å². The van der Waals surface area contributed by atoms with Gasteiger partial charge in [-0.2, -0.15) is 0 Å². The van der Waals surface area contributed by atoms with Crippen molar-refractivity contribution in [3.8, 4) is 11.1 Å². The molecule has 0 atom stereocenters. The summed E-state index contributed by atoms with van der Waals surface area (Å²) in [6.07, 6.45) is 40.1. The van der Waals surface area contributed by atoms with Crippen LogP contribution >= 0.6 is 0 Å². The van der Waals surface area contributed by atoms with Gasteiger partial charge in [-0.3, -0.25) is 0 Å². The summed E-state index contributed by atoms with van der Waals surface area (Å²) < 4.78 is 0. The number of hydrogen-bond acceptors (Lipinski definition) is 2. The predicted octanol–water partition coefficient (Wildman–Crippen LogP) is 32.1. The number of rotatable bonds is 17. The highest BCUT2D eigenvalue weighted by molar-refractivity contribution is 6.31. The predicted molar refractivity (Wildman–Crippen MR) is 485 cm³/mol. The number of nitrogens with zero attached hydrogens (tertiary/aromatic N) is 2. The lowest BCUT2D eigenvalue weighted by Crippen LogP contribution is -2.12. The Labute approximate surface area is 663 Å². The molecular weight excluding hydrogens is 1350 g/mol. The van der Waals surface area contributed by atoms with E-state index in [-0.39, 0.29) is 0 Å². The van der Waals surface area contributed by atoms with Crippen molar-refractivity contribution < 1.29 is 0 Å². The van der Waals surface area contributed by atoms with Crippen LogP contribution in [0.15, 0.2) is 313 Å². The summed E-state index contributed by atoms with van der Waals surface area (Å²) >= 11 is 0. The molecule has 4 saturated carbocycles. The van der Waals surface area contributed by atoms with Gasteiger partial charge in [0.1, 0.15) is 0 Å². The minimum absolute atomic E-state index is 1.09. The van der Waals surface area contributed by atoms with Gasteiger partial charge >= 0.3 is 0 Å². The smallest absolute Gasteiger partial charge is 0.0618 e. The van der Waals surface area contributed by atoms with Crippen LogP contribution in [0.25, 0.3) is 102 Å². The average molecular weight is 1450 g/mol. The summed E-state index contributed by atoms with van der Waals surface area (Å²) in [5.41, 5.74) is 32.7. The third-order valence-electron chi connectivity index (χ3n) is 24.4. The molecule has 0 unspecified atom stereocenters. The van der Waals surface area contributed by atoms with Crippen LogP contribution in [-0.2, 0) is 0 Å². The van der Waals surface area contributed by atoms with Crippen molar-refractivity contribution in [2.45, 2.75) is 142 Å². The van der Waals surface area contributed by atoms with E-state index in [1.807, 2.05) is 0 Å². The molecule has 4 aliphatic carbocycles. The number of aryl methyl sites for hydroxylation is 2. The van der Waals surface area contributed by atoms with E-state index in [0.29, 0.717) is 0 Å². The topological polar surface area (TPSA) is 6.48 Å². The van der Waals surface area contributed by atoms with Gasteiger partial charge in [0.25, 0.3) is 0 Å². The highest BCUT2D eigenvalue weighted by Crippen LogP contribution is 2.54. The Morgan fingerprint density at radius 1 is 0.214 bits per heavy atom. The third-order valence-corrected chi connectivity index (χ3v) is 24.4. The fraction of sp³-hybridized carbons (Fsp3) is 0.200. The molecule has 0 N–H and O–H groups in total. The van der Waals surface area contributed by atoms with Crippen LogP contribution in [0, 0.1) is 13.8 Å². The zero-order valence-corrected chi connectivity index (χ0v) is 65.2. The van der Waals surface area contributed by atoms with Crippen LogP contribution in [0.5, 0.6) is 0 Å². The maximum absolute atomic E-state index is 2.52. The van der Waals surface area contributed by atoms with Crippen LogP contribution in [0.2, 0.25) is 0 Å². The van der Waals surface area contributed by atoms with Crippen molar-refractivity contribution >= 4 is 125 Å². The molecule has 18 rings (SSSR count). The average Bonchev–Trinajstić information content (AvgIpc) is 0.707. The Bertz CT molecular complexity index is 5270. The lowest BCUT2D eigenvalue weighted by molar-refractivity contribution is 0.602. The van der Waals surface area contributed by atoms with Gasteiger partial charge in [-0.25, -0.2) is 0 Å². The Morgan fingerprint density at radius 2 is 0.420 bits per heavy atom. The van der Waals surface area contributed by atoms with E-state index < -0.39 is 0 Å². The number of hydrogen-bond donors (Lipinski definition) is 0. The molecule has 0 aliphatic heterocycles. The molecule has 0 radical (unpaired) electrons. The second-order valence-corrected chi connectivity index (χ2v) is 32.2. The number of allylic oxidation sites excluding steroid dienone is 4. The highest BCUT2D eigenvalue weighted by atomic mass is 15.2. The Morgan fingerprint density at radius 3 is 0.652 bits per heavy atom. The van der Waals surface area contributed by atoms with Gasteiger partial charge in [0, 0.05) is 44.3 Å². The minimum Gasteiger partial charge on any atom is -0.309 e. The molecular formula is C110H100N2. The highest BCUT2D eigenvalue weighted by Gasteiger charge is 2.28. The third kappa shape index (κ3) is 15.5. The van der Waals surface area contributed by atoms with E-state index in [2.05, 4.69) is 351 Å². The second-order valence-electron chi connectivity index (χ2n) is 32.2. The van der Waals surface area contributed by atoms with Crippen LogP contribution in [0.3, 0.4) is 0 Å². The molecule has 112 heavy (non-hydrogen) atoms. The molecule has 0 spiro atoms. The van der Waals surface area contributed by atoms with E-state index >= 15 is 0 Å². The van der Waals surface area contributed by atoms with Crippen molar-refractivity contribution in [2.75, 3.05) is 9.80 Å². The molecule has 0 saturated heterocycles. The quantitative estimate of drug-likeness (QED) is 0.0662. The summed E-state index contributed by atoms with van der Waals surface area (Å²) in [6.45, 7) is 4.37. The number of fused-ring (bicyclic) bond motifs is 4. The largest absolute Gasteiger partial charge is 0.309 e. The molecule has 2 nitrogen and oxygen atoms in total. The molecule has 550 valence electrons. The molecule has 2 heteroatoms. The molecule has 14 aromatic carbocycles. The molecule has 0 heterocycles. The standard InChI is InChI=1S/C110H100N2/c1-77-39-63-93(64-40-77)111(95-67-51-87(52-68-95)75-105(89-55-43-83(44-56-89)71-79-23-7-3-8-24-79)90-57-45-84(46-58-90)72-80-25-9-4-10-26-80)109-101-35-19-15-31-97(101)107(98-32-16-20-36-102(98)109)108-99-33-17-21-37-103(99)110(104-38-22-18-34-100(104)108)112(94-65-41-78(2)42-66-94)96-69-53-88(54-70-96)76-106(91-59-47-85(48-60-91)73-81-27-11-5-12-28-81)92-61-49-86(50-62-92)74-82-29-13-6-14-30-82/h15-22,31-76H,3-14,23-30H2,1-2H3. The summed E-state index contributed by atoms with van der Waals surface area (Å²) in [7, 11) is 0. The zero-order chi connectivity index (χ0) is 75.1. The summed E-state index contributed by atoms with van der Waals surface area (Å²) in [4.78, 5) is 5.03. The number of anilines is 6. The van der Waals surface area contributed by atoms with E-state index in [1.165, 1.54) is 249 Å². The van der Waals surface area contributed by atoms with Crippen molar-refractivity contribution in [2.24, 2.45) is 0 Å². The lowest BCUT2D eigenvalue weighted by atomic mass is 9.84. The lowest BCUT2D eigenvalue weighted by Gasteiger charge is -2.31. The second kappa shape index (κ2) is 33.0. The van der Waals surface area contributed by atoms with E-state index in [4.69, 9.17) is 0 Å². The molecule has 0 aromatic heterocycles. The van der Waals surface area contributed by atoms with Gasteiger partial charge in [-0.1, -0.05) is 326 Å². The fourth-order valence-corrected chi connectivity index (χ4v) is 18.5. The van der Waals surface area contributed by atoms with E-state index in [9.17, 15) is 0 Å². The Hall–Kier alpha value is -11.8. The first-order chi connectivity index (χ1) is 55.3. The first-order valence-corrected chi connectivity index (χ1v) is 41.8. The molecule has 0 amide bonds. The Balaban J connectivity index is 0.748. The van der Waals surface area contributed by atoms with Crippen LogP contribution in [-0.4, -0.2) is 0 Å². The van der Waals surface area contributed by atoms with Crippen LogP contribution in [0.4, 0.5) is 34.1 Å². The number of benzene rings is 14. The summed E-state index contributed by atoms with van der Waals surface area (Å²) in [6, 6.07) is 111. The van der Waals surface area contributed by atoms with E-state index in [1.54, 1.807) is 22.3 Å². The summed E-state index contributed by atoms with van der Waals surface area (Å²) in [5.74, 6) is 0. The molecule has 14 aromatic rings. The van der Waals surface area contributed by atoms with Crippen molar-refractivity contribution in [1.82, 2.24) is 0 Å². The van der Waals surface area contributed by atoms with Gasteiger partial charge in [-0.15, -0.1) is 0 Å². The monoisotopic (exact) mass is 1450 g/mol. The van der Waals surface area contributed by atoms with Crippen molar-refractivity contribution in [3.63, 3.8) is 0 Å². The van der Waals surface area contributed by atoms with Gasteiger partial charge in [0.05, 0.1) is 11.4 Å². The maximum Gasteiger partial charge on any atom is 0.0618 e. The van der Waals surface area contributed by atoms with Gasteiger partial charge in [0.15, 0.2) is 0 Å². The zero-order valence-electron chi connectivity index (χ0n) is 65.2. The molecule has 4 aliphatic rings. The molecule has 4 fully saturated rings. The van der Waals surface area contributed by atoms with Crippen LogP contribution in [0.1, 0.15) is 195 Å². The normalized spacial score (nSPS) is 14.6. The first kappa shape index (κ1) is 71.7. The van der Waals surface area contributed by atoms with Crippen LogP contribution < -0.4 is 9.80 Å². The molecule has 0 bridgehead atoms. The fourth-order valence-electron chi connectivity index (χ4n) is 18.5. The van der Waals surface area contributed by atoms with Gasteiger partial charge in [-0.05, 0) is 277 Å².